The summed E-state index contributed by atoms with van der Waals surface area (Å²) in [6.07, 6.45) is 5.13. The number of hydrogen-bond donors (Lipinski definition) is 0. The number of rotatable bonds is 3. The molecule has 5 nitrogen and oxygen atoms in total. The zero-order valence-corrected chi connectivity index (χ0v) is 15.7. The second-order valence-corrected chi connectivity index (χ2v) is 7.97. The van der Waals surface area contributed by atoms with Gasteiger partial charge in [-0.15, -0.1) is 0 Å². The highest BCUT2D eigenvalue weighted by atomic mass is 16.7. The first kappa shape index (κ1) is 17.7. The SMILES string of the molecule is CC(C)(C)OC(=O)c1c(C(=O)OC23C=CC(CC2)O3)ccc2ccccc12. The van der Waals surface area contributed by atoms with Crippen molar-refractivity contribution in [3.05, 3.63) is 59.7 Å². The van der Waals surface area contributed by atoms with E-state index in [2.05, 4.69) is 0 Å². The number of benzene rings is 2. The van der Waals surface area contributed by atoms with Crippen LogP contribution >= 0.6 is 0 Å². The molecule has 2 aromatic rings. The predicted octanol–water partition coefficient (Wildman–Crippen LogP) is 4.40. The van der Waals surface area contributed by atoms with Gasteiger partial charge in [0.1, 0.15) is 5.60 Å². The monoisotopic (exact) mass is 366 g/mol. The molecule has 4 rings (SSSR count). The Balaban J connectivity index is 1.75. The highest BCUT2D eigenvalue weighted by Gasteiger charge is 2.46. The molecule has 0 aliphatic carbocycles. The highest BCUT2D eigenvalue weighted by molar-refractivity contribution is 6.12. The van der Waals surface area contributed by atoms with Gasteiger partial charge in [-0.25, -0.2) is 9.59 Å². The Hall–Kier alpha value is -2.66. The third-order valence-corrected chi connectivity index (χ3v) is 4.71. The lowest BCUT2D eigenvalue weighted by atomic mass is 9.98. The lowest BCUT2D eigenvalue weighted by Crippen LogP contribution is -2.32. The normalized spacial score (nSPS) is 23.6. The van der Waals surface area contributed by atoms with Gasteiger partial charge in [0.2, 0.25) is 5.79 Å². The van der Waals surface area contributed by atoms with E-state index < -0.39 is 23.3 Å². The zero-order valence-electron chi connectivity index (χ0n) is 15.7. The van der Waals surface area contributed by atoms with E-state index in [1.807, 2.05) is 24.3 Å². The molecule has 2 aliphatic rings. The summed E-state index contributed by atoms with van der Waals surface area (Å²) in [5.41, 5.74) is -0.269. The number of hydrogen-bond acceptors (Lipinski definition) is 5. The lowest BCUT2D eigenvalue weighted by Gasteiger charge is -2.24. The average Bonchev–Trinajstić information content (AvgIpc) is 3.19. The summed E-state index contributed by atoms with van der Waals surface area (Å²) in [5, 5.41) is 1.51. The van der Waals surface area contributed by atoms with Gasteiger partial charge < -0.3 is 14.2 Å². The molecule has 2 aliphatic heterocycles. The fourth-order valence-electron chi connectivity index (χ4n) is 3.54. The van der Waals surface area contributed by atoms with Crippen LogP contribution in [-0.2, 0) is 14.2 Å². The molecule has 2 bridgehead atoms. The summed E-state index contributed by atoms with van der Waals surface area (Å²) in [7, 11) is 0. The summed E-state index contributed by atoms with van der Waals surface area (Å²) in [5.74, 6) is -2.15. The average molecular weight is 366 g/mol. The van der Waals surface area contributed by atoms with Crippen LogP contribution in [-0.4, -0.2) is 29.4 Å². The summed E-state index contributed by atoms with van der Waals surface area (Å²) in [4.78, 5) is 25.9. The topological polar surface area (TPSA) is 61.8 Å². The molecule has 0 saturated carbocycles. The van der Waals surface area contributed by atoms with Gasteiger partial charge in [0.25, 0.3) is 0 Å². The van der Waals surface area contributed by atoms with Crippen LogP contribution in [0.5, 0.6) is 0 Å². The van der Waals surface area contributed by atoms with Gasteiger partial charge >= 0.3 is 11.9 Å². The molecule has 27 heavy (non-hydrogen) atoms. The van der Waals surface area contributed by atoms with Crippen molar-refractivity contribution >= 4 is 22.7 Å². The Kier molecular flexibility index (Phi) is 4.07. The Morgan fingerprint density at radius 3 is 2.52 bits per heavy atom. The van der Waals surface area contributed by atoms with Crippen LogP contribution in [0, 0.1) is 0 Å². The van der Waals surface area contributed by atoms with Crippen LogP contribution in [0.1, 0.15) is 54.3 Å². The lowest BCUT2D eigenvalue weighted by molar-refractivity contribution is -0.140. The molecule has 0 radical (unpaired) electrons. The molecular weight excluding hydrogens is 344 g/mol. The number of ether oxygens (including phenoxy) is 3. The maximum atomic E-state index is 13.0. The minimum absolute atomic E-state index is 0.000250. The fourth-order valence-corrected chi connectivity index (χ4v) is 3.54. The first-order valence-electron chi connectivity index (χ1n) is 9.12. The largest absolute Gasteiger partial charge is 0.456 e. The van der Waals surface area contributed by atoms with Crippen molar-refractivity contribution in [3.8, 4) is 0 Å². The molecule has 1 fully saturated rings. The van der Waals surface area contributed by atoms with E-state index in [4.69, 9.17) is 14.2 Å². The molecule has 5 heteroatoms. The zero-order chi connectivity index (χ0) is 19.2. The van der Waals surface area contributed by atoms with Crippen LogP contribution in [0.3, 0.4) is 0 Å². The second kappa shape index (κ2) is 6.20. The van der Waals surface area contributed by atoms with Crippen molar-refractivity contribution in [2.24, 2.45) is 0 Å². The molecule has 0 aromatic heterocycles. The van der Waals surface area contributed by atoms with Gasteiger partial charge in [-0.05, 0) is 50.1 Å². The molecule has 0 N–H and O–H groups in total. The highest BCUT2D eigenvalue weighted by Crippen LogP contribution is 2.40. The number of fused-ring (bicyclic) bond motifs is 3. The molecule has 0 amide bonds. The Bertz CT molecular complexity index is 953. The van der Waals surface area contributed by atoms with Crippen LogP contribution in [0.15, 0.2) is 48.6 Å². The fraction of sp³-hybridized carbons (Fsp3) is 0.364. The third kappa shape index (κ3) is 3.35. The maximum absolute atomic E-state index is 13.0. The van der Waals surface area contributed by atoms with Crippen LogP contribution in [0.25, 0.3) is 10.8 Å². The summed E-state index contributed by atoms with van der Waals surface area (Å²) in [6.45, 7) is 5.38. The maximum Gasteiger partial charge on any atom is 0.341 e. The van der Waals surface area contributed by atoms with Crippen molar-refractivity contribution < 1.29 is 23.8 Å². The van der Waals surface area contributed by atoms with Crippen molar-refractivity contribution in [2.45, 2.75) is 51.1 Å². The summed E-state index contributed by atoms with van der Waals surface area (Å²) < 4.78 is 17.0. The molecule has 140 valence electrons. The second-order valence-electron chi connectivity index (χ2n) is 7.97. The molecule has 0 spiro atoms. The van der Waals surface area contributed by atoms with Gasteiger partial charge in [-0.3, -0.25) is 0 Å². The quantitative estimate of drug-likeness (QED) is 0.595. The van der Waals surface area contributed by atoms with Gasteiger partial charge in [0, 0.05) is 6.42 Å². The van der Waals surface area contributed by atoms with Crippen molar-refractivity contribution in [2.75, 3.05) is 0 Å². The molecule has 2 atom stereocenters. The molecule has 2 unspecified atom stereocenters. The Morgan fingerprint density at radius 2 is 1.89 bits per heavy atom. The summed E-state index contributed by atoms with van der Waals surface area (Å²) >= 11 is 0. The minimum Gasteiger partial charge on any atom is -0.456 e. The predicted molar refractivity (Wildman–Crippen MR) is 101 cm³/mol. The first-order chi connectivity index (χ1) is 12.8. The first-order valence-corrected chi connectivity index (χ1v) is 9.12. The number of carbonyl (C=O) groups is 2. The van der Waals surface area contributed by atoms with E-state index in [9.17, 15) is 9.59 Å². The van der Waals surface area contributed by atoms with E-state index in [0.29, 0.717) is 11.8 Å². The smallest absolute Gasteiger partial charge is 0.341 e. The van der Waals surface area contributed by atoms with Crippen molar-refractivity contribution in [1.82, 2.24) is 0 Å². The van der Waals surface area contributed by atoms with E-state index in [-0.39, 0.29) is 17.2 Å². The minimum atomic E-state index is -1.02. The standard InChI is InChI=1S/C22H22O5/c1-21(2,3)26-20(24)18-16-7-5-4-6-14(16)8-9-17(18)19(23)27-22-12-10-15(25-22)11-13-22/h4-10,12,15H,11,13H2,1-3H3. The summed E-state index contributed by atoms with van der Waals surface area (Å²) in [6, 6.07) is 10.8. The van der Waals surface area contributed by atoms with Crippen LogP contribution in [0.4, 0.5) is 0 Å². The van der Waals surface area contributed by atoms with Gasteiger partial charge in [-0.2, -0.15) is 0 Å². The molecular formula is C22H22O5. The van der Waals surface area contributed by atoms with Crippen LogP contribution in [0.2, 0.25) is 0 Å². The molecule has 2 heterocycles. The van der Waals surface area contributed by atoms with Crippen molar-refractivity contribution in [3.63, 3.8) is 0 Å². The van der Waals surface area contributed by atoms with E-state index in [0.717, 1.165) is 11.8 Å². The van der Waals surface area contributed by atoms with Crippen LogP contribution < -0.4 is 0 Å². The van der Waals surface area contributed by atoms with E-state index in [1.54, 1.807) is 45.0 Å². The van der Waals surface area contributed by atoms with Gasteiger partial charge in [-0.1, -0.05) is 36.4 Å². The third-order valence-electron chi connectivity index (χ3n) is 4.71. The van der Waals surface area contributed by atoms with Gasteiger partial charge in [0.15, 0.2) is 0 Å². The van der Waals surface area contributed by atoms with E-state index in [1.165, 1.54) is 0 Å². The number of carbonyl (C=O) groups excluding carboxylic acids is 2. The van der Waals surface area contributed by atoms with Crippen molar-refractivity contribution in [1.29, 1.82) is 0 Å². The Morgan fingerprint density at radius 1 is 1.11 bits per heavy atom. The van der Waals surface area contributed by atoms with Gasteiger partial charge in [0.05, 0.1) is 17.2 Å². The number of esters is 2. The Labute approximate surface area is 157 Å². The molecule has 2 aromatic carbocycles. The molecule has 1 saturated heterocycles. The van der Waals surface area contributed by atoms with E-state index >= 15 is 0 Å².